The van der Waals surface area contributed by atoms with Crippen LogP contribution in [0.4, 0.5) is 5.82 Å². The number of halogens is 1. The predicted octanol–water partition coefficient (Wildman–Crippen LogP) is 4.76. The Morgan fingerprint density at radius 3 is 2.57 bits per heavy atom. The quantitative estimate of drug-likeness (QED) is 0.652. The number of aromatic nitrogens is 2. The van der Waals surface area contributed by atoms with Crippen LogP contribution in [0, 0.1) is 20.8 Å². The normalized spacial score (nSPS) is 15.9. The first-order valence-electron chi connectivity index (χ1n) is 9.12. The second-order valence-electron chi connectivity index (χ2n) is 7.22. The molecule has 0 saturated carbocycles. The minimum atomic E-state index is -0.551. The summed E-state index contributed by atoms with van der Waals surface area (Å²) < 4.78 is 1.67. The average molecular weight is 394 g/mol. The van der Waals surface area contributed by atoms with Crippen molar-refractivity contribution in [2.75, 3.05) is 5.32 Å². The van der Waals surface area contributed by atoms with Crippen LogP contribution < -0.4 is 5.32 Å². The number of ketones is 1. The third-order valence-corrected chi connectivity index (χ3v) is 5.40. The summed E-state index contributed by atoms with van der Waals surface area (Å²) >= 11 is 5.99. The van der Waals surface area contributed by atoms with E-state index in [-0.39, 0.29) is 18.1 Å². The molecule has 4 rings (SSSR count). The van der Waals surface area contributed by atoms with Gasteiger partial charge in [0.25, 0.3) is 0 Å². The number of amides is 1. The maximum absolute atomic E-state index is 13.4. The molecular weight excluding hydrogens is 374 g/mol. The van der Waals surface area contributed by atoms with E-state index in [1.54, 1.807) is 16.8 Å². The predicted molar refractivity (Wildman–Crippen MR) is 110 cm³/mol. The lowest BCUT2D eigenvalue weighted by molar-refractivity contribution is -0.116. The van der Waals surface area contributed by atoms with Gasteiger partial charge in [-0.25, -0.2) is 4.68 Å². The molecule has 1 N–H and O–H groups in total. The van der Waals surface area contributed by atoms with Crippen LogP contribution in [0.2, 0.25) is 5.02 Å². The van der Waals surface area contributed by atoms with E-state index in [4.69, 9.17) is 11.6 Å². The molecule has 0 radical (unpaired) electrons. The van der Waals surface area contributed by atoms with Crippen LogP contribution in [-0.4, -0.2) is 21.5 Å². The Balaban J connectivity index is 1.83. The maximum atomic E-state index is 13.4. The fourth-order valence-electron chi connectivity index (χ4n) is 3.73. The number of benzene rings is 2. The number of aryl methyl sites for hydroxylation is 3. The lowest BCUT2D eigenvalue weighted by Crippen LogP contribution is -2.28. The van der Waals surface area contributed by atoms with Gasteiger partial charge in [0.15, 0.2) is 5.78 Å². The highest BCUT2D eigenvalue weighted by atomic mass is 35.5. The number of carbonyl (C=O) groups is 2. The summed E-state index contributed by atoms with van der Waals surface area (Å²) in [6, 6.07) is 13.0. The third-order valence-electron chi connectivity index (χ3n) is 5.15. The second-order valence-corrected chi connectivity index (χ2v) is 7.66. The molecule has 3 aromatic rings. The van der Waals surface area contributed by atoms with E-state index in [0.29, 0.717) is 16.4 Å². The van der Waals surface area contributed by atoms with E-state index >= 15 is 0 Å². The Hall–Kier alpha value is -2.92. The smallest absolute Gasteiger partial charge is 0.226 e. The number of Topliss-reactive ketones (excluding diaryl/α,β-unsaturated/α-hetero) is 1. The van der Waals surface area contributed by atoms with Crippen LogP contribution in [-0.2, 0) is 4.79 Å². The zero-order valence-corrected chi connectivity index (χ0v) is 16.7. The van der Waals surface area contributed by atoms with E-state index in [1.807, 2.05) is 51.1 Å². The Bertz CT molecular complexity index is 1100. The summed E-state index contributed by atoms with van der Waals surface area (Å²) in [5.41, 5.74) is 4.86. The van der Waals surface area contributed by atoms with Gasteiger partial charge in [-0.05, 0) is 56.7 Å². The van der Waals surface area contributed by atoms with Crippen molar-refractivity contribution in [3.05, 3.63) is 75.4 Å². The molecule has 1 unspecified atom stereocenters. The van der Waals surface area contributed by atoms with Gasteiger partial charge in [0.1, 0.15) is 5.82 Å². The van der Waals surface area contributed by atoms with Crippen LogP contribution in [0.3, 0.4) is 0 Å². The minimum absolute atomic E-state index is 0.0453. The number of carbonyl (C=O) groups excluding carboxylic acids is 2. The lowest BCUT2D eigenvalue weighted by Gasteiger charge is -2.24. The van der Waals surface area contributed by atoms with Crippen molar-refractivity contribution in [3.63, 3.8) is 0 Å². The van der Waals surface area contributed by atoms with Crippen LogP contribution in [0.25, 0.3) is 5.69 Å². The summed E-state index contributed by atoms with van der Waals surface area (Å²) in [4.78, 5) is 25.8. The highest BCUT2D eigenvalue weighted by Crippen LogP contribution is 2.38. The topological polar surface area (TPSA) is 64.0 Å². The molecule has 0 spiro atoms. The van der Waals surface area contributed by atoms with E-state index in [1.165, 1.54) is 0 Å². The summed E-state index contributed by atoms with van der Waals surface area (Å²) in [5, 5.41) is 8.12. The molecule has 1 aliphatic heterocycles. The van der Waals surface area contributed by atoms with E-state index in [0.717, 1.165) is 28.1 Å². The first-order chi connectivity index (χ1) is 13.3. The number of hydrogen-bond donors (Lipinski definition) is 1. The lowest BCUT2D eigenvalue weighted by atomic mass is 9.84. The van der Waals surface area contributed by atoms with Gasteiger partial charge in [0.05, 0.1) is 17.3 Å². The van der Waals surface area contributed by atoms with E-state index < -0.39 is 5.92 Å². The molecule has 1 aliphatic rings. The fraction of sp³-hybridized carbons (Fsp3) is 0.227. The number of anilines is 1. The van der Waals surface area contributed by atoms with Crippen molar-refractivity contribution in [1.29, 1.82) is 0 Å². The van der Waals surface area contributed by atoms with Crippen LogP contribution in [0.15, 0.2) is 42.5 Å². The molecule has 0 bridgehead atoms. The molecule has 0 fully saturated rings. The molecular formula is C22H20ClN3O2. The first kappa shape index (κ1) is 18.4. The SMILES string of the molecule is Cc1ccc(C)c(C(=O)C2CC(=O)Nc3c2c(C)nn3-c2ccc(Cl)cc2)c1. The fourth-order valence-corrected chi connectivity index (χ4v) is 3.86. The molecule has 1 aromatic heterocycles. The van der Waals surface area contributed by atoms with Crippen molar-refractivity contribution in [1.82, 2.24) is 9.78 Å². The monoisotopic (exact) mass is 393 g/mol. The zero-order valence-electron chi connectivity index (χ0n) is 15.9. The van der Waals surface area contributed by atoms with Crippen LogP contribution in [0.5, 0.6) is 0 Å². The van der Waals surface area contributed by atoms with Crippen molar-refractivity contribution >= 4 is 29.1 Å². The molecule has 142 valence electrons. The summed E-state index contributed by atoms with van der Waals surface area (Å²) in [6.07, 6.45) is 0.117. The van der Waals surface area contributed by atoms with Gasteiger partial charge >= 0.3 is 0 Å². The Morgan fingerprint density at radius 2 is 1.86 bits per heavy atom. The van der Waals surface area contributed by atoms with Gasteiger partial charge in [0, 0.05) is 22.6 Å². The van der Waals surface area contributed by atoms with Gasteiger partial charge in [-0.2, -0.15) is 5.10 Å². The molecule has 1 amide bonds. The zero-order chi connectivity index (χ0) is 20.0. The highest BCUT2D eigenvalue weighted by molar-refractivity contribution is 6.30. The Morgan fingerprint density at radius 1 is 1.14 bits per heavy atom. The Labute approximate surface area is 168 Å². The van der Waals surface area contributed by atoms with Gasteiger partial charge in [-0.1, -0.05) is 29.3 Å². The third kappa shape index (κ3) is 3.12. The highest BCUT2D eigenvalue weighted by Gasteiger charge is 2.36. The molecule has 5 nitrogen and oxygen atoms in total. The van der Waals surface area contributed by atoms with Gasteiger partial charge in [0.2, 0.25) is 5.91 Å². The number of nitrogens with zero attached hydrogens (tertiary/aromatic N) is 2. The molecule has 0 saturated heterocycles. The number of fused-ring (bicyclic) bond motifs is 1. The molecule has 2 heterocycles. The van der Waals surface area contributed by atoms with E-state index in [2.05, 4.69) is 10.4 Å². The standard InChI is InChI=1S/C22H20ClN3O2/c1-12-4-5-13(2)17(10-12)21(28)18-11-19(27)24-22-20(18)14(3)25-26(22)16-8-6-15(23)7-9-16/h4-10,18H,11H2,1-3H3,(H,24,27). The summed E-state index contributed by atoms with van der Waals surface area (Å²) in [6.45, 7) is 5.74. The summed E-state index contributed by atoms with van der Waals surface area (Å²) in [5.74, 6) is -0.229. The van der Waals surface area contributed by atoms with Gasteiger partial charge < -0.3 is 5.32 Å². The minimum Gasteiger partial charge on any atom is -0.310 e. The van der Waals surface area contributed by atoms with Crippen LogP contribution >= 0.6 is 11.6 Å². The molecule has 1 atom stereocenters. The van der Waals surface area contributed by atoms with Crippen molar-refractivity contribution < 1.29 is 9.59 Å². The number of rotatable bonds is 3. The van der Waals surface area contributed by atoms with Crippen molar-refractivity contribution in [3.8, 4) is 5.69 Å². The molecule has 28 heavy (non-hydrogen) atoms. The van der Waals surface area contributed by atoms with Gasteiger partial charge in [-0.3, -0.25) is 9.59 Å². The Kier molecular flexibility index (Phi) is 4.55. The first-order valence-corrected chi connectivity index (χ1v) is 9.49. The number of nitrogens with one attached hydrogen (secondary N) is 1. The van der Waals surface area contributed by atoms with Gasteiger partial charge in [-0.15, -0.1) is 0 Å². The van der Waals surface area contributed by atoms with E-state index in [9.17, 15) is 9.59 Å². The molecule has 0 aliphatic carbocycles. The second kappa shape index (κ2) is 6.91. The van der Waals surface area contributed by atoms with Crippen molar-refractivity contribution in [2.45, 2.75) is 33.1 Å². The average Bonchev–Trinajstić information content (AvgIpc) is 2.99. The molecule has 6 heteroatoms. The number of hydrogen-bond acceptors (Lipinski definition) is 3. The summed E-state index contributed by atoms with van der Waals surface area (Å²) in [7, 11) is 0. The largest absolute Gasteiger partial charge is 0.310 e. The van der Waals surface area contributed by atoms with Crippen molar-refractivity contribution in [2.24, 2.45) is 0 Å². The van der Waals surface area contributed by atoms with Crippen LogP contribution in [0.1, 0.15) is 45.1 Å². The molecule has 2 aromatic carbocycles. The maximum Gasteiger partial charge on any atom is 0.226 e.